The van der Waals surface area contributed by atoms with Crippen LogP contribution in [0.25, 0.3) is 10.9 Å². The van der Waals surface area contributed by atoms with Crippen molar-refractivity contribution < 1.29 is 14.4 Å². The molecule has 3 aliphatic heterocycles. The number of anilines is 1. The van der Waals surface area contributed by atoms with Gasteiger partial charge in [-0.3, -0.25) is 14.6 Å². The lowest BCUT2D eigenvalue weighted by molar-refractivity contribution is -0.121. The quantitative estimate of drug-likeness (QED) is 0.438. The summed E-state index contributed by atoms with van der Waals surface area (Å²) in [6.07, 6.45) is 2.18. The number of nitrogens with zero attached hydrogens (tertiary/aromatic N) is 5. The third-order valence-corrected chi connectivity index (χ3v) is 6.90. The van der Waals surface area contributed by atoms with Crippen LogP contribution in [0.15, 0.2) is 54.7 Å². The molecule has 0 saturated carbocycles. The lowest BCUT2D eigenvalue weighted by Gasteiger charge is -2.35. The van der Waals surface area contributed by atoms with Gasteiger partial charge in [-0.05, 0) is 36.8 Å². The van der Waals surface area contributed by atoms with Crippen LogP contribution in [0.3, 0.4) is 0 Å². The van der Waals surface area contributed by atoms with Crippen molar-refractivity contribution in [3.63, 3.8) is 0 Å². The highest BCUT2D eigenvalue weighted by molar-refractivity contribution is 6.32. The van der Waals surface area contributed by atoms with Crippen molar-refractivity contribution in [1.29, 1.82) is 5.26 Å². The largest absolute Gasteiger partial charge is 0.332 e. The van der Waals surface area contributed by atoms with Crippen molar-refractivity contribution in [2.45, 2.75) is 24.5 Å². The molecule has 6 rings (SSSR count). The van der Waals surface area contributed by atoms with Crippen molar-refractivity contribution in [3.05, 3.63) is 65.9 Å². The Morgan fingerprint density at radius 2 is 2.00 bits per heavy atom. The summed E-state index contributed by atoms with van der Waals surface area (Å²) < 4.78 is 0. The monoisotopic (exact) mass is 435 g/mol. The molecule has 4 amide bonds. The average molecular weight is 435 g/mol. The van der Waals surface area contributed by atoms with Gasteiger partial charge >= 0.3 is 6.03 Å². The molecule has 3 saturated heterocycles. The standard InChI is InChI=1S/C24H18BN5O3/c25-15-4-1-3-13(9-15)22(31)28-12-16-10-19(28)21-23(32)30(24(33)29(16)21)18-7-6-14(11-26)20-17(18)5-2-8-27-20/h1-9,16,19,21H,10,12,25H2/t16?,19?,21-/m0/s1. The van der Waals surface area contributed by atoms with E-state index >= 15 is 0 Å². The summed E-state index contributed by atoms with van der Waals surface area (Å²) in [7, 11) is 1.93. The lowest BCUT2D eigenvalue weighted by atomic mass is 9.94. The second kappa shape index (κ2) is 6.91. The fraction of sp³-hybridized carbons (Fsp3) is 0.208. The first-order valence-electron chi connectivity index (χ1n) is 10.8. The van der Waals surface area contributed by atoms with Crippen molar-refractivity contribution in [2.75, 3.05) is 11.4 Å². The summed E-state index contributed by atoms with van der Waals surface area (Å²) >= 11 is 0. The number of nitriles is 1. The molecule has 2 bridgehead atoms. The predicted molar refractivity (Wildman–Crippen MR) is 123 cm³/mol. The second-order valence-electron chi connectivity index (χ2n) is 8.74. The summed E-state index contributed by atoms with van der Waals surface area (Å²) in [4.78, 5) is 49.1. The maximum Gasteiger partial charge on any atom is 0.332 e. The second-order valence-corrected chi connectivity index (χ2v) is 8.74. The normalized spacial score (nSPS) is 23.4. The van der Waals surface area contributed by atoms with Crippen LogP contribution >= 0.6 is 0 Å². The summed E-state index contributed by atoms with van der Waals surface area (Å²) in [6, 6.07) is 14.5. The summed E-state index contributed by atoms with van der Waals surface area (Å²) in [5.74, 6) is -0.457. The molecule has 3 atom stereocenters. The molecule has 0 N–H and O–H groups in total. The van der Waals surface area contributed by atoms with Gasteiger partial charge in [0.25, 0.3) is 11.8 Å². The molecule has 3 fully saturated rings. The van der Waals surface area contributed by atoms with E-state index in [1.54, 1.807) is 46.3 Å². The molecule has 3 aliphatic rings. The first-order chi connectivity index (χ1) is 16.0. The van der Waals surface area contributed by atoms with E-state index < -0.39 is 6.04 Å². The molecular weight excluding hydrogens is 417 g/mol. The zero-order valence-electron chi connectivity index (χ0n) is 17.8. The highest BCUT2D eigenvalue weighted by atomic mass is 16.2. The minimum absolute atomic E-state index is 0.113. The van der Waals surface area contributed by atoms with Crippen molar-refractivity contribution in [3.8, 4) is 6.07 Å². The van der Waals surface area contributed by atoms with Crippen LogP contribution in [-0.4, -0.2) is 65.1 Å². The summed E-state index contributed by atoms with van der Waals surface area (Å²) in [5.41, 5.74) is 2.82. The number of amides is 4. The molecule has 2 unspecified atom stereocenters. The number of imide groups is 1. The molecule has 33 heavy (non-hydrogen) atoms. The fourth-order valence-electron chi connectivity index (χ4n) is 5.50. The topological polar surface area (TPSA) is 97.6 Å². The number of benzene rings is 2. The smallest absolute Gasteiger partial charge is 0.331 e. The molecule has 8 nitrogen and oxygen atoms in total. The number of carbonyl (C=O) groups excluding carboxylic acids is 3. The van der Waals surface area contributed by atoms with Gasteiger partial charge in [-0.15, -0.1) is 0 Å². The average Bonchev–Trinajstić information content (AvgIpc) is 3.49. The molecule has 0 aliphatic carbocycles. The molecule has 1 aromatic heterocycles. The Kier molecular flexibility index (Phi) is 4.08. The molecule has 0 radical (unpaired) electrons. The van der Waals surface area contributed by atoms with Gasteiger partial charge in [0.15, 0.2) is 0 Å². The zero-order chi connectivity index (χ0) is 22.9. The number of hydrogen-bond acceptors (Lipinski definition) is 5. The van der Waals surface area contributed by atoms with Gasteiger partial charge in [0, 0.05) is 23.7 Å². The van der Waals surface area contributed by atoms with Crippen LogP contribution in [0.4, 0.5) is 10.5 Å². The maximum atomic E-state index is 13.6. The minimum atomic E-state index is -0.702. The van der Waals surface area contributed by atoms with Crippen molar-refractivity contribution in [1.82, 2.24) is 14.8 Å². The number of aromatic nitrogens is 1. The van der Waals surface area contributed by atoms with Gasteiger partial charge < -0.3 is 9.80 Å². The van der Waals surface area contributed by atoms with Crippen LogP contribution in [0.1, 0.15) is 22.3 Å². The van der Waals surface area contributed by atoms with E-state index in [-0.39, 0.29) is 29.9 Å². The summed E-state index contributed by atoms with van der Waals surface area (Å²) in [6.45, 7) is 0.413. The molecule has 0 spiro atoms. The SMILES string of the molecule is Bc1cccc(C(=O)N2CC3CC2[C@H]2C(=O)N(c4ccc(C#N)c5ncccc45)C(=O)N32)c1. The zero-order valence-corrected chi connectivity index (χ0v) is 17.8. The first kappa shape index (κ1) is 19.5. The van der Waals surface area contributed by atoms with Gasteiger partial charge in [-0.2, -0.15) is 5.26 Å². The number of carbonyl (C=O) groups is 3. The summed E-state index contributed by atoms with van der Waals surface area (Å²) in [5, 5.41) is 9.98. The van der Waals surface area contributed by atoms with E-state index in [4.69, 9.17) is 0 Å². The maximum absolute atomic E-state index is 13.6. The molecule has 9 heteroatoms. The van der Waals surface area contributed by atoms with Crippen molar-refractivity contribution in [2.24, 2.45) is 0 Å². The molecular formula is C24H18BN5O3. The Balaban J connectivity index is 1.37. The molecule has 3 aromatic rings. The van der Waals surface area contributed by atoms with E-state index in [1.807, 2.05) is 26.0 Å². The van der Waals surface area contributed by atoms with Crippen LogP contribution in [-0.2, 0) is 4.79 Å². The van der Waals surface area contributed by atoms with E-state index in [1.165, 1.54) is 4.90 Å². The van der Waals surface area contributed by atoms with Gasteiger partial charge in [0.2, 0.25) is 0 Å². The van der Waals surface area contributed by atoms with E-state index in [0.717, 1.165) is 5.46 Å². The lowest BCUT2D eigenvalue weighted by Crippen LogP contribution is -2.54. The van der Waals surface area contributed by atoms with E-state index in [9.17, 15) is 19.6 Å². The third-order valence-electron chi connectivity index (χ3n) is 6.90. The number of piperazine rings is 1. The fourth-order valence-corrected chi connectivity index (χ4v) is 5.50. The number of fused-ring (bicyclic) bond motifs is 6. The number of rotatable bonds is 2. The molecule has 2 aromatic carbocycles. The van der Waals surface area contributed by atoms with Gasteiger partial charge in [-0.1, -0.05) is 23.7 Å². The van der Waals surface area contributed by atoms with Crippen LogP contribution in [0.2, 0.25) is 0 Å². The van der Waals surface area contributed by atoms with Gasteiger partial charge in [-0.25, -0.2) is 9.69 Å². The molecule has 4 heterocycles. The number of likely N-dealkylation sites (tertiary alicyclic amines) is 1. The molecule has 160 valence electrons. The number of urea groups is 1. The Morgan fingerprint density at radius 1 is 1.15 bits per heavy atom. The van der Waals surface area contributed by atoms with E-state index in [2.05, 4.69) is 11.1 Å². The minimum Gasteiger partial charge on any atom is -0.331 e. The van der Waals surface area contributed by atoms with Crippen LogP contribution in [0.5, 0.6) is 0 Å². The van der Waals surface area contributed by atoms with Crippen LogP contribution in [0, 0.1) is 11.3 Å². The first-order valence-corrected chi connectivity index (χ1v) is 10.8. The Hall–Kier alpha value is -4.19. The third kappa shape index (κ3) is 2.64. The number of hydrogen-bond donors (Lipinski definition) is 0. The highest BCUT2D eigenvalue weighted by Gasteiger charge is 2.63. The van der Waals surface area contributed by atoms with Crippen LogP contribution < -0.4 is 10.4 Å². The van der Waals surface area contributed by atoms with Crippen molar-refractivity contribution >= 4 is 47.7 Å². The Bertz CT molecular complexity index is 1420. The van der Waals surface area contributed by atoms with E-state index in [0.29, 0.717) is 40.7 Å². The highest BCUT2D eigenvalue weighted by Crippen LogP contribution is 2.44. The van der Waals surface area contributed by atoms with Gasteiger partial charge in [0.05, 0.1) is 28.9 Å². The van der Waals surface area contributed by atoms with Gasteiger partial charge in [0.1, 0.15) is 20.0 Å². The predicted octanol–water partition coefficient (Wildman–Crippen LogP) is 0.799. The number of pyridine rings is 1. The Morgan fingerprint density at radius 3 is 2.79 bits per heavy atom. The Labute approximate surface area is 190 Å².